The maximum absolute atomic E-state index is 5.11. The van der Waals surface area contributed by atoms with E-state index in [2.05, 4.69) is 25.2 Å². The van der Waals surface area contributed by atoms with Gasteiger partial charge in [0, 0.05) is 20.1 Å². The number of hydrogen-bond acceptors (Lipinski definition) is 6. The molecule has 1 aliphatic rings. The van der Waals surface area contributed by atoms with E-state index in [1.807, 2.05) is 7.05 Å². The quantitative estimate of drug-likeness (QED) is 0.878. The predicted octanol–water partition coefficient (Wildman–Crippen LogP) is 1.69. The van der Waals surface area contributed by atoms with Gasteiger partial charge in [-0.05, 0) is 12.8 Å². The van der Waals surface area contributed by atoms with E-state index in [1.54, 1.807) is 14.2 Å². The van der Waals surface area contributed by atoms with E-state index in [-0.39, 0.29) is 0 Å². The Hall–Kier alpha value is -1.59. The number of aromatic nitrogens is 3. The molecule has 1 aromatic rings. The van der Waals surface area contributed by atoms with E-state index < -0.39 is 0 Å². The fraction of sp³-hybridized carbons (Fsp3) is 0.750. The van der Waals surface area contributed by atoms with Crippen LogP contribution in [0.25, 0.3) is 0 Å². The number of anilines is 2. The second-order valence-corrected chi connectivity index (χ2v) is 4.60. The third kappa shape index (κ3) is 2.80. The Kier molecular flexibility index (Phi) is 4.17. The van der Waals surface area contributed by atoms with Crippen LogP contribution in [0.3, 0.4) is 0 Å². The molecular formula is C12H21N5O. The van der Waals surface area contributed by atoms with E-state index in [9.17, 15) is 0 Å². The van der Waals surface area contributed by atoms with Crippen LogP contribution in [0.4, 0.5) is 11.9 Å². The van der Waals surface area contributed by atoms with Crippen LogP contribution in [0.1, 0.15) is 32.1 Å². The minimum atomic E-state index is 0.354. The lowest BCUT2D eigenvalue weighted by molar-refractivity contribution is 0.376. The molecule has 0 spiro atoms. The molecule has 1 saturated carbocycles. The van der Waals surface area contributed by atoms with Crippen LogP contribution in [0.5, 0.6) is 6.01 Å². The van der Waals surface area contributed by atoms with Gasteiger partial charge < -0.3 is 15.0 Å². The molecule has 6 heteroatoms. The molecule has 18 heavy (non-hydrogen) atoms. The highest BCUT2D eigenvalue weighted by Crippen LogP contribution is 2.25. The summed E-state index contributed by atoms with van der Waals surface area (Å²) in [7, 11) is 5.41. The molecule has 0 unspecified atom stereocenters. The van der Waals surface area contributed by atoms with Crippen molar-refractivity contribution in [3.8, 4) is 6.01 Å². The van der Waals surface area contributed by atoms with Gasteiger partial charge in [-0.2, -0.15) is 15.0 Å². The maximum atomic E-state index is 5.11. The highest BCUT2D eigenvalue weighted by Gasteiger charge is 2.21. The summed E-state index contributed by atoms with van der Waals surface area (Å²) in [5.41, 5.74) is 0. The average Bonchev–Trinajstić information content (AvgIpc) is 2.46. The molecule has 1 fully saturated rings. The number of hydrogen-bond donors (Lipinski definition) is 1. The number of nitrogens with one attached hydrogen (secondary N) is 1. The molecule has 0 aliphatic heterocycles. The van der Waals surface area contributed by atoms with E-state index >= 15 is 0 Å². The van der Waals surface area contributed by atoms with Crippen molar-refractivity contribution < 1.29 is 4.74 Å². The highest BCUT2D eigenvalue weighted by molar-refractivity contribution is 5.38. The molecule has 0 atom stereocenters. The van der Waals surface area contributed by atoms with Gasteiger partial charge in [0.1, 0.15) is 0 Å². The summed E-state index contributed by atoms with van der Waals surface area (Å²) in [4.78, 5) is 15.0. The molecule has 0 radical (unpaired) electrons. The minimum Gasteiger partial charge on any atom is -0.467 e. The van der Waals surface area contributed by atoms with E-state index in [4.69, 9.17) is 4.74 Å². The van der Waals surface area contributed by atoms with Gasteiger partial charge >= 0.3 is 6.01 Å². The summed E-state index contributed by atoms with van der Waals surface area (Å²) < 4.78 is 5.11. The predicted molar refractivity (Wildman–Crippen MR) is 71.2 cm³/mol. The van der Waals surface area contributed by atoms with Crippen LogP contribution >= 0.6 is 0 Å². The van der Waals surface area contributed by atoms with E-state index in [1.165, 1.54) is 32.1 Å². The van der Waals surface area contributed by atoms with Gasteiger partial charge in [0.25, 0.3) is 0 Å². The summed E-state index contributed by atoms with van der Waals surface area (Å²) in [5.74, 6) is 1.22. The molecule has 1 heterocycles. The van der Waals surface area contributed by atoms with Crippen LogP contribution in [-0.4, -0.2) is 42.2 Å². The van der Waals surface area contributed by atoms with Crippen molar-refractivity contribution in [2.75, 3.05) is 31.4 Å². The van der Waals surface area contributed by atoms with Crippen LogP contribution < -0.4 is 15.0 Å². The molecule has 0 amide bonds. The number of ether oxygens (including phenoxy) is 1. The van der Waals surface area contributed by atoms with Gasteiger partial charge in [0.2, 0.25) is 11.9 Å². The minimum absolute atomic E-state index is 0.354. The van der Waals surface area contributed by atoms with Crippen LogP contribution in [0.2, 0.25) is 0 Å². The highest BCUT2D eigenvalue weighted by atomic mass is 16.5. The first kappa shape index (κ1) is 12.9. The monoisotopic (exact) mass is 251 g/mol. The van der Waals surface area contributed by atoms with Gasteiger partial charge in [-0.1, -0.05) is 19.3 Å². The molecule has 0 saturated heterocycles. The summed E-state index contributed by atoms with van der Waals surface area (Å²) in [6, 6.07) is 0.877. The van der Waals surface area contributed by atoms with Gasteiger partial charge in [-0.15, -0.1) is 0 Å². The molecule has 1 aromatic heterocycles. The smallest absolute Gasteiger partial charge is 0.322 e. The standard InChI is InChI=1S/C12H21N5O/c1-13-10-14-11(16-12(15-10)18-3)17(2)9-7-5-4-6-8-9/h9H,4-8H2,1-3H3,(H,13,14,15,16). The second-order valence-electron chi connectivity index (χ2n) is 4.60. The molecule has 1 aliphatic carbocycles. The zero-order valence-electron chi connectivity index (χ0n) is 11.3. The first-order valence-corrected chi connectivity index (χ1v) is 6.45. The van der Waals surface area contributed by atoms with Crippen LogP contribution in [-0.2, 0) is 0 Å². The largest absolute Gasteiger partial charge is 0.467 e. The fourth-order valence-corrected chi connectivity index (χ4v) is 2.34. The van der Waals surface area contributed by atoms with Crippen molar-refractivity contribution in [3.63, 3.8) is 0 Å². The first-order chi connectivity index (χ1) is 8.74. The number of rotatable bonds is 4. The molecule has 0 bridgehead atoms. The zero-order valence-corrected chi connectivity index (χ0v) is 11.3. The Morgan fingerprint density at radius 3 is 2.50 bits per heavy atom. The topological polar surface area (TPSA) is 63.2 Å². The van der Waals surface area contributed by atoms with Crippen molar-refractivity contribution in [2.24, 2.45) is 0 Å². The summed E-state index contributed by atoms with van der Waals surface area (Å²) in [6.07, 6.45) is 6.33. The summed E-state index contributed by atoms with van der Waals surface area (Å²) in [5, 5.41) is 2.93. The van der Waals surface area contributed by atoms with E-state index in [0.29, 0.717) is 23.9 Å². The van der Waals surface area contributed by atoms with Gasteiger partial charge in [-0.25, -0.2) is 0 Å². The zero-order chi connectivity index (χ0) is 13.0. The van der Waals surface area contributed by atoms with Gasteiger partial charge in [-0.3, -0.25) is 0 Å². The van der Waals surface area contributed by atoms with Gasteiger partial charge in [0.05, 0.1) is 7.11 Å². The molecule has 2 rings (SSSR count). The number of nitrogens with zero attached hydrogens (tertiary/aromatic N) is 4. The Labute approximate surface area is 108 Å². The molecular weight excluding hydrogens is 230 g/mol. The summed E-state index contributed by atoms with van der Waals surface area (Å²) in [6.45, 7) is 0. The lowest BCUT2D eigenvalue weighted by Crippen LogP contribution is -2.34. The Morgan fingerprint density at radius 1 is 1.17 bits per heavy atom. The Bertz CT molecular complexity index is 370. The van der Waals surface area contributed by atoms with E-state index in [0.717, 1.165) is 0 Å². The maximum Gasteiger partial charge on any atom is 0.322 e. The van der Waals surface area contributed by atoms with Crippen molar-refractivity contribution in [3.05, 3.63) is 0 Å². The normalized spacial score (nSPS) is 16.4. The molecule has 0 aromatic carbocycles. The van der Waals surface area contributed by atoms with Gasteiger partial charge in [0.15, 0.2) is 0 Å². The average molecular weight is 251 g/mol. The first-order valence-electron chi connectivity index (χ1n) is 6.45. The lowest BCUT2D eigenvalue weighted by Gasteiger charge is -2.31. The van der Waals surface area contributed by atoms with Crippen LogP contribution in [0, 0.1) is 0 Å². The Balaban J connectivity index is 2.19. The fourth-order valence-electron chi connectivity index (χ4n) is 2.34. The van der Waals surface area contributed by atoms with Crippen LogP contribution in [0.15, 0.2) is 0 Å². The second kappa shape index (κ2) is 5.84. The van der Waals surface area contributed by atoms with Crippen molar-refractivity contribution in [2.45, 2.75) is 38.1 Å². The molecule has 1 N–H and O–H groups in total. The van der Waals surface area contributed by atoms with Crippen molar-refractivity contribution in [1.82, 2.24) is 15.0 Å². The molecule has 100 valence electrons. The lowest BCUT2D eigenvalue weighted by atomic mass is 9.95. The SMILES string of the molecule is CNc1nc(OC)nc(N(C)C2CCCCC2)n1. The number of methoxy groups -OCH3 is 1. The van der Waals surface area contributed by atoms with Crippen molar-refractivity contribution in [1.29, 1.82) is 0 Å². The molecule has 6 nitrogen and oxygen atoms in total. The third-order valence-corrected chi connectivity index (χ3v) is 3.45. The third-order valence-electron chi connectivity index (χ3n) is 3.45. The Morgan fingerprint density at radius 2 is 1.89 bits per heavy atom. The summed E-state index contributed by atoms with van der Waals surface area (Å²) >= 11 is 0. The van der Waals surface area contributed by atoms with Crippen molar-refractivity contribution >= 4 is 11.9 Å².